The summed E-state index contributed by atoms with van der Waals surface area (Å²) < 4.78 is 11.2. The van der Waals surface area contributed by atoms with Crippen molar-refractivity contribution in [3.63, 3.8) is 0 Å². The molecule has 0 aliphatic carbocycles. The number of rotatable bonds is 5. The van der Waals surface area contributed by atoms with Gasteiger partial charge in [-0.3, -0.25) is 4.79 Å². The van der Waals surface area contributed by atoms with Gasteiger partial charge in [-0.15, -0.1) is 0 Å². The van der Waals surface area contributed by atoms with Crippen molar-refractivity contribution in [3.8, 4) is 11.5 Å². The third-order valence-electron chi connectivity index (χ3n) is 3.60. The Hall–Kier alpha value is -2.55. The lowest BCUT2D eigenvalue weighted by Gasteiger charge is -2.13. The van der Waals surface area contributed by atoms with Crippen molar-refractivity contribution in [2.75, 3.05) is 13.2 Å². The van der Waals surface area contributed by atoms with Gasteiger partial charge in [-0.1, -0.05) is 19.9 Å². The third-order valence-corrected chi connectivity index (χ3v) is 3.60. The number of ketones is 1. The minimum Gasteiger partial charge on any atom is -0.493 e. The largest absolute Gasteiger partial charge is 0.493 e. The van der Waals surface area contributed by atoms with E-state index in [1.807, 2.05) is 54.6 Å². The second-order valence-corrected chi connectivity index (χ2v) is 6.02. The Morgan fingerprint density at radius 3 is 2.61 bits per heavy atom. The number of fused-ring (bicyclic) bond motifs is 1. The molecule has 0 fully saturated rings. The molecule has 0 atom stereocenters. The second-order valence-electron chi connectivity index (χ2n) is 6.02. The first-order valence-corrected chi connectivity index (χ1v) is 7.84. The number of hydrogen-bond acceptors (Lipinski definition) is 3. The molecule has 0 amide bonds. The van der Waals surface area contributed by atoms with Gasteiger partial charge in [-0.05, 0) is 54.5 Å². The molecule has 3 rings (SSSR count). The molecule has 118 valence electrons. The monoisotopic (exact) mass is 308 g/mol. The van der Waals surface area contributed by atoms with Gasteiger partial charge in [0.2, 0.25) is 0 Å². The van der Waals surface area contributed by atoms with E-state index in [2.05, 4.69) is 13.8 Å². The number of benzene rings is 2. The molecule has 2 aromatic rings. The van der Waals surface area contributed by atoms with Crippen LogP contribution in [0.5, 0.6) is 11.5 Å². The summed E-state index contributed by atoms with van der Waals surface area (Å²) in [7, 11) is 0. The molecule has 2 aromatic carbocycles. The lowest BCUT2D eigenvalue weighted by molar-refractivity contribution is 0.103. The van der Waals surface area contributed by atoms with Gasteiger partial charge < -0.3 is 9.47 Å². The Labute approximate surface area is 136 Å². The zero-order valence-corrected chi connectivity index (χ0v) is 13.4. The number of carbonyl (C=O) groups excluding carboxylic acids is 1. The van der Waals surface area contributed by atoms with Crippen LogP contribution in [0.25, 0.3) is 6.08 Å². The lowest BCUT2D eigenvalue weighted by atomic mass is 10.00. The molecule has 0 bridgehead atoms. The van der Waals surface area contributed by atoms with E-state index < -0.39 is 0 Å². The van der Waals surface area contributed by atoms with E-state index in [1.54, 1.807) is 0 Å². The quantitative estimate of drug-likeness (QED) is 0.770. The van der Waals surface area contributed by atoms with Crippen LogP contribution in [-0.4, -0.2) is 19.0 Å². The topological polar surface area (TPSA) is 35.5 Å². The number of carbonyl (C=O) groups is 1. The van der Waals surface area contributed by atoms with E-state index in [1.165, 1.54) is 0 Å². The molecule has 0 radical (unpaired) electrons. The molecule has 0 spiro atoms. The van der Waals surface area contributed by atoms with Gasteiger partial charge in [0.1, 0.15) is 18.1 Å². The van der Waals surface area contributed by atoms with E-state index in [9.17, 15) is 4.79 Å². The normalized spacial score (nSPS) is 12.7. The summed E-state index contributed by atoms with van der Waals surface area (Å²) in [6.45, 7) is 5.46. The average Bonchev–Trinajstić information content (AvgIpc) is 2.59. The van der Waals surface area contributed by atoms with Crippen molar-refractivity contribution in [1.82, 2.24) is 0 Å². The molecule has 0 saturated heterocycles. The van der Waals surface area contributed by atoms with Crippen molar-refractivity contribution >= 4 is 11.9 Å². The van der Waals surface area contributed by atoms with Crippen LogP contribution >= 0.6 is 0 Å². The highest BCUT2D eigenvalue weighted by Crippen LogP contribution is 2.26. The second kappa shape index (κ2) is 6.69. The van der Waals surface area contributed by atoms with Gasteiger partial charge in [0.15, 0.2) is 5.78 Å². The summed E-state index contributed by atoms with van der Waals surface area (Å²) in [5.74, 6) is 2.09. The summed E-state index contributed by atoms with van der Waals surface area (Å²) in [5, 5.41) is 0. The van der Waals surface area contributed by atoms with Crippen LogP contribution in [0.2, 0.25) is 0 Å². The van der Waals surface area contributed by atoms with Crippen molar-refractivity contribution in [2.24, 2.45) is 5.92 Å². The maximum atomic E-state index is 12.6. The predicted octanol–water partition coefficient (Wildman–Crippen LogP) is 4.36. The lowest BCUT2D eigenvalue weighted by Crippen LogP contribution is -2.06. The maximum Gasteiger partial charge on any atom is 0.193 e. The first-order chi connectivity index (χ1) is 11.1. The molecule has 0 unspecified atom stereocenters. The molecule has 1 heterocycles. The Bertz CT molecular complexity index is 727. The van der Waals surface area contributed by atoms with E-state index in [-0.39, 0.29) is 5.78 Å². The molecule has 0 saturated carbocycles. The fourth-order valence-electron chi connectivity index (χ4n) is 2.40. The first kappa shape index (κ1) is 15.3. The number of ether oxygens (including phenoxy) is 2. The van der Waals surface area contributed by atoms with Crippen LogP contribution in [0.4, 0.5) is 0 Å². The molecular formula is C20H20O3. The molecular weight excluding hydrogens is 288 g/mol. The fraction of sp³-hybridized carbons (Fsp3) is 0.250. The van der Waals surface area contributed by atoms with Crippen LogP contribution in [0.3, 0.4) is 0 Å². The minimum absolute atomic E-state index is 0.00202. The van der Waals surface area contributed by atoms with Gasteiger partial charge >= 0.3 is 0 Å². The van der Waals surface area contributed by atoms with E-state index in [0.29, 0.717) is 30.3 Å². The highest BCUT2D eigenvalue weighted by molar-refractivity contribution is 6.09. The average molecular weight is 308 g/mol. The summed E-state index contributed by atoms with van der Waals surface area (Å²) in [5.41, 5.74) is 2.26. The Balaban J connectivity index is 1.77. The number of hydrogen-bond donors (Lipinski definition) is 0. The highest BCUT2D eigenvalue weighted by atomic mass is 16.5. The molecule has 23 heavy (non-hydrogen) atoms. The van der Waals surface area contributed by atoms with E-state index >= 15 is 0 Å². The summed E-state index contributed by atoms with van der Waals surface area (Å²) >= 11 is 0. The van der Waals surface area contributed by atoms with Crippen molar-refractivity contribution in [2.45, 2.75) is 13.8 Å². The molecule has 0 N–H and O–H groups in total. The maximum absolute atomic E-state index is 12.6. The van der Waals surface area contributed by atoms with Gasteiger partial charge in [-0.2, -0.15) is 0 Å². The Morgan fingerprint density at radius 2 is 1.87 bits per heavy atom. The molecule has 3 nitrogen and oxygen atoms in total. The Kier molecular flexibility index (Phi) is 4.47. The molecule has 0 aromatic heterocycles. The van der Waals surface area contributed by atoms with Gasteiger partial charge in [0.05, 0.1) is 6.61 Å². The third kappa shape index (κ3) is 3.62. The van der Waals surface area contributed by atoms with Gasteiger partial charge in [-0.25, -0.2) is 0 Å². The standard InChI is InChI=1S/C20H20O3/c1-14(2)13-23-18-8-5-15(6-9-18)20(21)17-7-10-19-16(12-17)4-3-11-22-19/h3-10,12,14H,11,13H2,1-2H3. The highest BCUT2D eigenvalue weighted by Gasteiger charge is 2.13. The summed E-state index contributed by atoms with van der Waals surface area (Å²) in [6.07, 6.45) is 3.93. The van der Waals surface area contributed by atoms with E-state index in [0.717, 1.165) is 17.1 Å². The van der Waals surface area contributed by atoms with Crippen LogP contribution in [-0.2, 0) is 0 Å². The summed E-state index contributed by atoms with van der Waals surface area (Å²) in [6, 6.07) is 12.8. The van der Waals surface area contributed by atoms with Crippen molar-refractivity contribution < 1.29 is 14.3 Å². The molecule has 3 heteroatoms. The van der Waals surface area contributed by atoms with Crippen molar-refractivity contribution in [1.29, 1.82) is 0 Å². The first-order valence-electron chi connectivity index (χ1n) is 7.84. The van der Waals surface area contributed by atoms with Crippen LogP contribution in [0.15, 0.2) is 48.5 Å². The fourth-order valence-corrected chi connectivity index (χ4v) is 2.40. The SMILES string of the molecule is CC(C)COc1ccc(C(=O)c2ccc3c(c2)C=CCO3)cc1. The van der Waals surface area contributed by atoms with Gasteiger partial charge in [0.25, 0.3) is 0 Å². The summed E-state index contributed by atoms with van der Waals surface area (Å²) in [4.78, 5) is 12.6. The van der Waals surface area contributed by atoms with Crippen LogP contribution in [0, 0.1) is 5.92 Å². The zero-order chi connectivity index (χ0) is 16.2. The molecule has 1 aliphatic heterocycles. The van der Waals surface area contributed by atoms with Crippen molar-refractivity contribution in [3.05, 3.63) is 65.2 Å². The van der Waals surface area contributed by atoms with Crippen LogP contribution < -0.4 is 9.47 Å². The minimum atomic E-state index is 0.00202. The van der Waals surface area contributed by atoms with Crippen LogP contribution in [0.1, 0.15) is 35.3 Å². The smallest absolute Gasteiger partial charge is 0.193 e. The van der Waals surface area contributed by atoms with Gasteiger partial charge in [0, 0.05) is 16.7 Å². The Morgan fingerprint density at radius 1 is 1.13 bits per heavy atom. The predicted molar refractivity (Wildman–Crippen MR) is 91.2 cm³/mol. The van der Waals surface area contributed by atoms with E-state index in [4.69, 9.17) is 9.47 Å². The zero-order valence-electron chi connectivity index (χ0n) is 13.4. The molecule has 1 aliphatic rings.